The Bertz CT molecular complexity index is 369. The van der Waals surface area contributed by atoms with Crippen LogP contribution in [0.1, 0.15) is 32.8 Å². The van der Waals surface area contributed by atoms with E-state index in [0.717, 1.165) is 25.9 Å². The standard InChI is InChI=1S/C17H30N2O/c1-5-18-17(3,14-20)13-15(2)19(4)12-11-16-9-7-6-8-10-16/h6-10,15,18,20H,5,11-14H2,1-4H3. The van der Waals surface area contributed by atoms with Crippen LogP contribution in [-0.2, 0) is 6.42 Å². The van der Waals surface area contributed by atoms with E-state index in [1.54, 1.807) is 0 Å². The molecule has 0 aromatic heterocycles. The van der Waals surface area contributed by atoms with Crippen molar-refractivity contribution in [3.05, 3.63) is 35.9 Å². The predicted octanol–water partition coefficient (Wildman–Crippen LogP) is 2.30. The largest absolute Gasteiger partial charge is 0.394 e. The highest BCUT2D eigenvalue weighted by atomic mass is 16.3. The molecule has 2 atom stereocenters. The van der Waals surface area contributed by atoms with Crippen molar-refractivity contribution in [1.29, 1.82) is 0 Å². The highest BCUT2D eigenvalue weighted by Crippen LogP contribution is 2.15. The lowest BCUT2D eigenvalue weighted by Crippen LogP contribution is -2.50. The predicted molar refractivity (Wildman–Crippen MR) is 86.0 cm³/mol. The Morgan fingerprint density at radius 1 is 1.30 bits per heavy atom. The lowest BCUT2D eigenvalue weighted by Gasteiger charge is -2.35. The van der Waals surface area contributed by atoms with Gasteiger partial charge in [-0.05, 0) is 45.8 Å². The molecule has 1 aromatic carbocycles. The minimum absolute atomic E-state index is 0.178. The molecule has 20 heavy (non-hydrogen) atoms. The second kappa shape index (κ2) is 8.40. The fraction of sp³-hybridized carbons (Fsp3) is 0.647. The Labute approximate surface area is 124 Å². The Kier molecular flexibility index (Phi) is 7.20. The number of likely N-dealkylation sites (N-methyl/N-ethyl adjacent to an activating group) is 2. The number of nitrogens with zero attached hydrogens (tertiary/aromatic N) is 1. The Balaban J connectivity index is 2.44. The number of hydrogen-bond donors (Lipinski definition) is 2. The molecular formula is C17H30N2O. The lowest BCUT2D eigenvalue weighted by atomic mass is 9.93. The first kappa shape index (κ1) is 17.2. The van der Waals surface area contributed by atoms with Gasteiger partial charge in [-0.25, -0.2) is 0 Å². The third kappa shape index (κ3) is 5.61. The van der Waals surface area contributed by atoms with Gasteiger partial charge in [0, 0.05) is 18.1 Å². The van der Waals surface area contributed by atoms with Gasteiger partial charge in [-0.2, -0.15) is 0 Å². The maximum atomic E-state index is 9.57. The fourth-order valence-electron chi connectivity index (χ4n) is 2.60. The van der Waals surface area contributed by atoms with Crippen LogP contribution in [0.4, 0.5) is 0 Å². The molecule has 0 aliphatic rings. The summed E-state index contributed by atoms with van der Waals surface area (Å²) in [6, 6.07) is 11.0. The minimum atomic E-state index is -0.185. The van der Waals surface area contributed by atoms with E-state index in [4.69, 9.17) is 0 Å². The molecule has 0 bridgehead atoms. The maximum Gasteiger partial charge on any atom is 0.0611 e. The smallest absolute Gasteiger partial charge is 0.0611 e. The summed E-state index contributed by atoms with van der Waals surface area (Å²) >= 11 is 0. The van der Waals surface area contributed by atoms with Crippen molar-refractivity contribution in [1.82, 2.24) is 10.2 Å². The topological polar surface area (TPSA) is 35.5 Å². The lowest BCUT2D eigenvalue weighted by molar-refractivity contribution is 0.128. The van der Waals surface area contributed by atoms with Gasteiger partial charge in [0.15, 0.2) is 0 Å². The SMILES string of the molecule is CCNC(C)(CO)CC(C)N(C)CCc1ccccc1. The summed E-state index contributed by atoms with van der Waals surface area (Å²) in [5.41, 5.74) is 1.19. The average molecular weight is 278 g/mol. The summed E-state index contributed by atoms with van der Waals surface area (Å²) in [4.78, 5) is 2.37. The van der Waals surface area contributed by atoms with Crippen LogP contribution >= 0.6 is 0 Å². The van der Waals surface area contributed by atoms with Gasteiger partial charge in [-0.3, -0.25) is 0 Å². The number of nitrogens with one attached hydrogen (secondary N) is 1. The Hall–Kier alpha value is -0.900. The quantitative estimate of drug-likeness (QED) is 0.727. The van der Waals surface area contributed by atoms with Crippen molar-refractivity contribution in [3.63, 3.8) is 0 Å². The highest BCUT2D eigenvalue weighted by Gasteiger charge is 2.26. The summed E-state index contributed by atoms with van der Waals surface area (Å²) in [5, 5.41) is 13.0. The summed E-state index contributed by atoms with van der Waals surface area (Å²) in [6.07, 6.45) is 2.02. The molecule has 0 aliphatic heterocycles. The van der Waals surface area contributed by atoms with Crippen LogP contribution in [0, 0.1) is 0 Å². The molecule has 0 fully saturated rings. The molecule has 114 valence electrons. The monoisotopic (exact) mass is 278 g/mol. The number of aliphatic hydroxyl groups is 1. The number of rotatable bonds is 9. The van der Waals surface area contributed by atoms with Gasteiger partial charge < -0.3 is 15.3 Å². The summed E-state index contributed by atoms with van der Waals surface area (Å²) < 4.78 is 0. The molecule has 2 N–H and O–H groups in total. The third-order valence-electron chi connectivity index (χ3n) is 4.05. The van der Waals surface area contributed by atoms with Crippen LogP contribution in [0.25, 0.3) is 0 Å². The molecule has 0 amide bonds. The molecule has 0 saturated carbocycles. The molecule has 3 heteroatoms. The molecule has 0 saturated heterocycles. The van der Waals surface area contributed by atoms with Crippen molar-refractivity contribution >= 4 is 0 Å². The van der Waals surface area contributed by atoms with Gasteiger partial charge in [-0.1, -0.05) is 37.3 Å². The summed E-state index contributed by atoms with van der Waals surface area (Å²) in [6.45, 7) is 8.51. The third-order valence-corrected chi connectivity index (χ3v) is 4.05. The van der Waals surface area contributed by atoms with E-state index in [-0.39, 0.29) is 12.1 Å². The van der Waals surface area contributed by atoms with Crippen LogP contribution < -0.4 is 5.32 Å². The van der Waals surface area contributed by atoms with Gasteiger partial charge in [0.1, 0.15) is 0 Å². The first-order chi connectivity index (χ1) is 9.50. The molecule has 0 spiro atoms. The molecular weight excluding hydrogens is 248 g/mol. The van der Waals surface area contributed by atoms with Gasteiger partial charge in [0.05, 0.1) is 6.61 Å². The average Bonchev–Trinajstić information content (AvgIpc) is 2.46. The maximum absolute atomic E-state index is 9.57. The van der Waals surface area contributed by atoms with E-state index in [1.807, 2.05) is 0 Å². The fourth-order valence-corrected chi connectivity index (χ4v) is 2.60. The summed E-state index contributed by atoms with van der Waals surface area (Å²) in [7, 11) is 2.16. The van der Waals surface area contributed by atoms with Gasteiger partial charge >= 0.3 is 0 Å². The van der Waals surface area contributed by atoms with Crippen LogP contribution in [0.3, 0.4) is 0 Å². The molecule has 1 rings (SSSR count). The van der Waals surface area contributed by atoms with E-state index >= 15 is 0 Å². The van der Waals surface area contributed by atoms with E-state index in [1.165, 1.54) is 5.56 Å². The van der Waals surface area contributed by atoms with Crippen LogP contribution in [0.2, 0.25) is 0 Å². The molecule has 0 aliphatic carbocycles. The number of aliphatic hydroxyl groups excluding tert-OH is 1. The van der Waals surface area contributed by atoms with E-state index < -0.39 is 0 Å². The van der Waals surface area contributed by atoms with Crippen molar-refractivity contribution in [2.24, 2.45) is 0 Å². The highest BCUT2D eigenvalue weighted by molar-refractivity contribution is 5.14. The van der Waals surface area contributed by atoms with Crippen LogP contribution in [0.15, 0.2) is 30.3 Å². The molecule has 1 aromatic rings. The number of hydrogen-bond acceptors (Lipinski definition) is 3. The molecule has 3 nitrogen and oxygen atoms in total. The Morgan fingerprint density at radius 2 is 1.95 bits per heavy atom. The zero-order valence-electron chi connectivity index (χ0n) is 13.4. The van der Waals surface area contributed by atoms with Crippen molar-refractivity contribution in [2.45, 2.75) is 45.2 Å². The van der Waals surface area contributed by atoms with Gasteiger partial charge in [0.2, 0.25) is 0 Å². The Morgan fingerprint density at radius 3 is 2.50 bits per heavy atom. The van der Waals surface area contributed by atoms with Crippen molar-refractivity contribution < 1.29 is 5.11 Å². The first-order valence-electron chi connectivity index (χ1n) is 7.61. The van der Waals surface area contributed by atoms with Gasteiger partial charge in [-0.15, -0.1) is 0 Å². The van der Waals surface area contributed by atoms with Crippen LogP contribution in [0.5, 0.6) is 0 Å². The van der Waals surface area contributed by atoms with Crippen molar-refractivity contribution in [3.8, 4) is 0 Å². The number of benzene rings is 1. The zero-order valence-corrected chi connectivity index (χ0v) is 13.4. The second-order valence-electron chi connectivity index (χ2n) is 6.02. The molecule has 0 radical (unpaired) electrons. The minimum Gasteiger partial charge on any atom is -0.394 e. The van der Waals surface area contributed by atoms with E-state index in [0.29, 0.717) is 6.04 Å². The second-order valence-corrected chi connectivity index (χ2v) is 6.02. The first-order valence-corrected chi connectivity index (χ1v) is 7.61. The summed E-state index contributed by atoms with van der Waals surface area (Å²) in [5.74, 6) is 0. The van der Waals surface area contributed by atoms with Crippen LogP contribution in [-0.4, -0.2) is 48.3 Å². The molecule has 0 heterocycles. The normalized spacial score (nSPS) is 16.1. The van der Waals surface area contributed by atoms with E-state index in [2.05, 4.69) is 68.4 Å². The van der Waals surface area contributed by atoms with Crippen molar-refractivity contribution in [2.75, 3.05) is 26.7 Å². The molecule has 2 unspecified atom stereocenters. The van der Waals surface area contributed by atoms with Gasteiger partial charge in [0.25, 0.3) is 0 Å². The van der Waals surface area contributed by atoms with E-state index in [9.17, 15) is 5.11 Å². The zero-order chi connectivity index (χ0) is 15.0.